The van der Waals surface area contributed by atoms with Gasteiger partial charge in [-0.1, -0.05) is 0 Å². The first-order valence-electron chi connectivity index (χ1n) is 6.11. The van der Waals surface area contributed by atoms with Crippen LogP contribution in [-0.2, 0) is 9.53 Å². The molecular weight excluding hydrogens is 233 g/mol. The average molecular weight is 250 g/mol. The SMILES string of the molecule is O=CC1CCOC2(CCC(C(F)(F)F)CC2)C1. The summed E-state index contributed by atoms with van der Waals surface area (Å²) in [6.07, 6.45) is -0.733. The topological polar surface area (TPSA) is 26.3 Å². The fourth-order valence-corrected chi connectivity index (χ4v) is 3.00. The highest BCUT2D eigenvalue weighted by atomic mass is 19.4. The molecule has 98 valence electrons. The molecule has 0 aromatic rings. The van der Waals surface area contributed by atoms with Crippen molar-refractivity contribution in [3.8, 4) is 0 Å². The molecular formula is C12H17F3O2. The minimum absolute atomic E-state index is 0.0359. The third kappa shape index (κ3) is 2.81. The Bertz CT molecular complexity index is 280. The van der Waals surface area contributed by atoms with Gasteiger partial charge in [-0.05, 0) is 38.5 Å². The molecule has 1 aliphatic carbocycles. The minimum Gasteiger partial charge on any atom is -0.375 e. The molecule has 0 bridgehead atoms. The van der Waals surface area contributed by atoms with E-state index in [4.69, 9.17) is 4.74 Å². The summed E-state index contributed by atoms with van der Waals surface area (Å²) in [5, 5.41) is 0. The van der Waals surface area contributed by atoms with Gasteiger partial charge in [0.15, 0.2) is 0 Å². The first-order chi connectivity index (χ1) is 7.95. The van der Waals surface area contributed by atoms with Gasteiger partial charge in [0.25, 0.3) is 0 Å². The Morgan fingerprint density at radius 3 is 2.35 bits per heavy atom. The maximum atomic E-state index is 12.5. The van der Waals surface area contributed by atoms with Crippen molar-refractivity contribution in [2.24, 2.45) is 11.8 Å². The van der Waals surface area contributed by atoms with E-state index in [1.807, 2.05) is 0 Å². The molecule has 0 aromatic heterocycles. The molecule has 0 amide bonds. The van der Waals surface area contributed by atoms with E-state index in [0.29, 0.717) is 32.3 Å². The first kappa shape index (κ1) is 12.9. The van der Waals surface area contributed by atoms with Crippen molar-refractivity contribution in [1.82, 2.24) is 0 Å². The number of ether oxygens (including phenoxy) is 1. The number of hydrogen-bond acceptors (Lipinski definition) is 2. The fraction of sp³-hybridized carbons (Fsp3) is 0.917. The summed E-state index contributed by atoms with van der Waals surface area (Å²) in [6, 6.07) is 0. The molecule has 0 radical (unpaired) electrons. The van der Waals surface area contributed by atoms with Gasteiger partial charge in [-0.2, -0.15) is 13.2 Å². The Morgan fingerprint density at radius 2 is 1.82 bits per heavy atom. The van der Waals surface area contributed by atoms with E-state index >= 15 is 0 Å². The largest absolute Gasteiger partial charge is 0.391 e. The van der Waals surface area contributed by atoms with Crippen molar-refractivity contribution in [3.05, 3.63) is 0 Å². The maximum absolute atomic E-state index is 12.5. The normalized spacial score (nSPS) is 39.2. The fourth-order valence-electron chi connectivity index (χ4n) is 3.00. The second-order valence-electron chi connectivity index (χ2n) is 5.24. The van der Waals surface area contributed by atoms with Crippen LogP contribution in [0.3, 0.4) is 0 Å². The van der Waals surface area contributed by atoms with Gasteiger partial charge in [0.1, 0.15) is 6.29 Å². The third-order valence-corrected chi connectivity index (χ3v) is 4.08. The number of carbonyl (C=O) groups excluding carboxylic acids is 1. The molecule has 0 N–H and O–H groups in total. The standard InChI is InChI=1S/C12H17F3O2/c13-12(14,15)10-1-4-11(5-2-10)7-9(8-16)3-6-17-11/h8-10H,1-7H2. The van der Waals surface area contributed by atoms with Crippen molar-refractivity contribution in [1.29, 1.82) is 0 Å². The van der Waals surface area contributed by atoms with Crippen LogP contribution in [0.2, 0.25) is 0 Å². The van der Waals surface area contributed by atoms with Gasteiger partial charge in [0.05, 0.1) is 11.5 Å². The van der Waals surface area contributed by atoms with Gasteiger partial charge in [-0.3, -0.25) is 0 Å². The lowest BCUT2D eigenvalue weighted by Gasteiger charge is -2.44. The predicted octanol–water partition coefficient (Wildman–Crippen LogP) is 3.10. The minimum atomic E-state index is -4.08. The van der Waals surface area contributed by atoms with Gasteiger partial charge in [-0.25, -0.2) is 0 Å². The molecule has 0 aromatic carbocycles. The van der Waals surface area contributed by atoms with E-state index in [9.17, 15) is 18.0 Å². The van der Waals surface area contributed by atoms with E-state index in [-0.39, 0.29) is 18.8 Å². The molecule has 2 rings (SSSR count). The molecule has 5 heteroatoms. The zero-order valence-corrected chi connectivity index (χ0v) is 9.63. The van der Waals surface area contributed by atoms with Crippen LogP contribution in [0.25, 0.3) is 0 Å². The Kier molecular flexibility index (Phi) is 3.48. The molecule has 1 saturated heterocycles. The summed E-state index contributed by atoms with van der Waals surface area (Å²) in [5.74, 6) is -1.22. The van der Waals surface area contributed by atoms with Gasteiger partial charge in [0, 0.05) is 12.5 Å². The number of alkyl halides is 3. The van der Waals surface area contributed by atoms with E-state index < -0.39 is 17.7 Å². The molecule has 2 fully saturated rings. The summed E-state index contributed by atoms with van der Waals surface area (Å²) < 4.78 is 43.3. The second kappa shape index (κ2) is 4.59. The Labute approximate surface area is 98.5 Å². The van der Waals surface area contributed by atoms with E-state index in [0.717, 1.165) is 6.29 Å². The van der Waals surface area contributed by atoms with Gasteiger partial charge in [0.2, 0.25) is 0 Å². The quantitative estimate of drug-likeness (QED) is 0.668. The van der Waals surface area contributed by atoms with Crippen LogP contribution in [0.1, 0.15) is 38.5 Å². The molecule has 1 saturated carbocycles. The van der Waals surface area contributed by atoms with Crippen molar-refractivity contribution in [3.63, 3.8) is 0 Å². The predicted molar refractivity (Wildman–Crippen MR) is 55.5 cm³/mol. The van der Waals surface area contributed by atoms with Crippen LogP contribution < -0.4 is 0 Å². The van der Waals surface area contributed by atoms with Crippen LogP contribution in [0.15, 0.2) is 0 Å². The molecule has 2 aliphatic rings. The molecule has 2 nitrogen and oxygen atoms in total. The lowest BCUT2D eigenvalue weighted by molar-refractivity contribution is -0.203. The summed E-state index contributed by atoms with van der Waals surface area (Å²) in [7, 11) is 0. The summed E-state index contributed by atoms with van der Waals surface area (Å²) in [6.45, 7) is 0.500. The number of halogens is 3. The lowest BCUT2D eigenvalue weighted by atomic mass is 9.73. The zero-order chi connectivity index (χ0) is 12.5. The highest BCUT2D eigenvalue weighted by molar-refractivity contribution is 5.53. The van der Waals surface area contributed by atoms with Gasteiger partial charge < -0.3 is 9.53 Å². The molecule has 1 aliphatic heterocycles. The Morgan fingerprint density at radius 1 is 1.18 bits per heavy atom. The maximum Gasteiger partial charge on any atom is 0.391 e. The van der Waals surface area contributed by atoms with Crippen molar-refractivity contribution < 1.29 is 22.7 Å². The number of aldehydes is 1. The first-order valence-corrected chi connectivity index (χ1v) is 6.11. The van der Waals surface area contributed by atoms with E-state index in [1.54, 1.807) is 0 Å². The lowest BCUT2D eigenvalue weighted by Crippen LogP contribution is -2.45. The molecule has 1 atom stereocenters. The zero-order valence-electron chi connectivity index (χ0n) is 9.63. The number of carbonyl (C=O) groups is 1. The Hall–Kier alpha value is -0.580. The highest BCUT2D eigenvalue weighted by Gasteiger charge is 2.47. The molecule has 1 heterocycles. The second-order valence-corrected chi connectivity index (χ2v) is 5.24. The number of rotatable bonds is 1. The Balaban J connectivity index is 1.95. The summed E-state index contributed by atoms with van der Waals surface area (Å²) in [4.78, 5) is 10.8. The van der Waals surface area contributed by atoms with Crippen LogP contribution in [-0.4, -0.2) is 24.7 Å². The van der Waals surface area contributed by atoms with Crippen molar-refractivity contribution in [2.45, 2.75) is 50.3 Å². The monoisotopic (exact) mass is 250 g/mol. The smallest absolute Gasteiger partial charge is 0.375 e. The van der Waals surface area contributed by atoms with Gasteiger partial charge >= 0.3 is 6.18 Å². The van der Waals surface area contributed by atoms with Crippen LogP contribution in [0, 0.1) is 11.8 Å². The molecule has 1 unspecified atom stereocenters. The van der Waals surface area contributed by atoms with Crippen molar-refractivity contribution >= 4 is 6.29 Å². The highest BCUT2D eigenvalue weighted by Crippen LogP contribution is 2.46. The summed E-state index contributed by atoms with van der Waals surface area (Å²) in [5.41, 5.74) is -0.453. The average Bonchev–Trinajstić information content (AvgIpc) is 2.28. The molecule has 17 heavy (non-hydrogen) atoms. The van der Waals surface area contributed by atoms with Gasteiger partial charge in [-0.15, -0.1) is 0 Å². The van der Waals surface area contributed by atoms with Crippen molar-refractivity contribution in [2.75, 3.05) is 6.61 Å². The van der Waals surface area contributed by atoms with Crippen LogP contribution in [0.5, 0.6) is 0 Å². The van der Waals surface area contributed by atoms with E-state index in [2.05, 4.69) is 0 Å². The summed E-state index contributed by atoms with van der Waals surface area (Å²) >= 11 is 0. The third-order valence-electron chi connectivity index (χ3n) is 4.08. The number of hydrogen-bond donors (Lipinski definition) is 0. The van der Waals surface area contributed by atoms with Crippen LogP contribution in [0.4, 0.5) is 13.2 Å². The van der Waals surface area contributed by atoms with E-state index in [1.165, 1.54) is 0 Å². The molecule has 1 spiro atoms. The van der Waals surface area contributed by atoms with Crippen LogP contribution >= 0.6 is 0 Å².